The average Bonchev–Trinajstić information content (AvgIpc) is 3.44. The van der Waals surface area contributed by atoms with Gasteiger partial charge in [-0.15, -0.1) is 0 Å². The van der Waals surface area contributed by atoms with Gasteiger partial charge >= 0.3 is 0 Å². The lowest BCUT2D eigenvalue weighted by molar-refractivity contribution is 0.107. The van der Waals surface area contributed by atoms with Crippen LogP contribution in [0.15, 0.2) is 24.4 Å². The van der Waals surface area contributed by atoms with Gasteiger partial charge in [0.05, 0.1) is 6.61 Å². The Bertz CT molecular complexity index is 876. The van der Waals surface area contributed by atoms with Crippen LogP contribution in [-0.4, -0.2) is 22.2 Å². The van der Waals surface area contributed by atoms with Crippen molar-refractivity contribution >= 4 is 17.8 Å². The molecule has 2 aromatic rings. The molecule has 0 radical (unpaired) electrons. The summed E-state index contributed by atoms with van der Waals surface area (Å²) in [5, 5.41) is 0. The van der Waals surface area contributed by atoms with Crippen LogP contribution in [0.1, 0.15) is 43.4 Å². The molecule has 0 amide bonds. The van der Waals surface area contributed by atoms with Crippen LogP contribution in [0.5, 0.6) is 11.5 Å². The summed E-state index contributed by atoms with van der Waals surface area (Å²) < 4.78 is 12.3. The Hall–Kier alpha value is -2.76. The third-order valence-electron chi connectivity index (χ3n) is 5.06. The molecule has 1 unspecified atom stereocenters. The highest BCUT2D eigenvalue weighted by Crippen LogP contribution is 2.48. The monoisotopic (exact) mass is 352 g/mol. The second kappa shape index (κ2) is 6.20. The Balaban J connectivity index is 1.69. The second-order valence-electron chi connectivity index (χ2n) is 7.15. The minimum absolute atomic E-state index is 0.183. The zero-order valence-electron chi connectivity index (χ0n) is 15.2. The van der Waals surface area contributed by atoms with E-state index in [4.69, 9.17) is 20.9 Å². The molecule has 1 aliphatic carbocycles. The summed E-state index contributed by atoms with van der Waals surface area (Å²) in [7, 11) is 0. The minimum atomic E-state index is -0.240. The fourth-order valence-corrected chi connectivity index (χ4v) is 3.46. The minimum Gasteiger partial charge on any atom is -0.490 e. The molecule has 6 nitrogen and oxygen atoms in total. The lowest BCUT2D eigenvalue weighted by Gasteiger charge is -2.33. The van der Waals surface area contributed by atoms with Crippen molar-refractivity contribution in [2.75, 3.05) is 18.1 Å². The number of ether oxygens (including phenoxy) is 2. The predicted octanol–water partition coefficient (Wildman–Crippen LogP) is 3.20. The van der Waals surface area contributed by atoms with Crippen LogP contribution in [0.4, 0.5) is 11.8 Å². The van der Waals surface area contributed by atoms with Gasteiger partial charge in [0.2, 0.25) is 5.95 Å². The van der Waals surface area contributed by atoms with Gasteiger partial charge in [-0.1, -0.05) is 6.08 Å². The second-order valence-corrected chi connectivity index (χ2v) is 7.15. The van der Waals surface area contributed by atoms with Crippen LogP contribution in [-0.2, 0) is 6.42 Å². The number of fused-ring (bicyclic) bond motifs is 1. The third kappa shape index (κ3) is 3.07. The van der Waals surface area contributed by atoms with Crippen molar-refractivity contribution in [3.8, 4) is 11.5 Å². The highest BCUT2D eigenvalue weighted by atomic mass is 16.5. The van der Waals surface area contributed by atoms with Gasteiger partial charge < -0.3 is 20.9 Å². The third-order valence-corrected chi connectivity index (χ3v) is 5.06. The number of rotatable bonds is 5. The van der Waals surface area contributed by atoms with E-state index in [0.29, 0.717) is 24.8 Å². The number of anilines is 2. The molecule has 2 aliphatic rings. The number of hydrogen-bond acceptors (Lipinski definition) is 6. The molecule has 1 fully saturated rings. The first kappa shape index (κ1) is 16.7. The lowest BCUT2D eigenvalue weighted by atomic mass is 9.93. The predicted molar refractivity (Wildman–Crippen MR) is 102 cm³/mol. The number of nitrogens with two attached hydrogens (primary N) is 2. The van der Waals surface area contributed by atoms with Crippen molar-refractivity contribution in [1.82, 2.24) is 9.97 Å². The number of benzene rings is 1. The number of nitrogens with zero attached hydrogens (tertiary/aromatic N) is 2. The molecular weight excluding hydrogens is 328 g/mol. The first-order valence-electron chi connectivity index (χ1n) is 9.03. The summed E-state index contributed by atoms with van der Waals surface area (Å²) in [6, 6.07) is 4.13. The van der Waals surface area contributed by atoms with Crippen molar-refractivity contribution in [2.24, 2.45) is 5.92 Å². The maximum absolute atomic E-state index is 6.39. The molecule has 1 saturated carbocycles. The van der Waals surface area contributed by atoms with Crippen LogP contribution in [0.25, 0.3) is 6.08 Å². The number of nitrogen functional groups attached to an aromatic ring is 2. The van der Waals surface area contributed by atoms with Crippen molar-refractivity contribution in [3.05, 3.63) is 41.1 Å². The van der Waals surface area contributed by atoms with Crippen molar-refractivity contribution in [3.63, 3.8) is 0 Å². The van der Waals surface area contributed by atoms with Crippen LogP contribution in [0.3, 0.4) is 0 Å². The van der Waals surface area contributed by atoms with Gasteiger partial charge in [-0.3, -0.25) is 0 Å². The van der Waals surface area contributed by atoms with Gasteiger partial charge in [-0.05, 0) is 50.5 Å². The molecule has 1 aromatic heterocycles. The van der Waals surface area contributed by atoms with E-state index in [2.05, 4.69) is 35.1 Å². The molecule has 0 saturated heterocycles. The van der Waals surface area contributed by atoms with E-state index in [1.807, 2.05) is 13.0 Å². The summed E-state index contributed by atoms with van der Waals surface area (Å²) in [4.78, 5) is 8.08. The molecule has 6 heteroatoms. The molecule has 1 aromatic carbocycles. The Labute approximate surface area is 153 Å². The van der Waals surface area contributed by atoms with Crippen LogP contribution >= 0.6 is 0 Å². The van der Waals surface area contributed by atoms with E-state index in [1.54, 1.807) is 6.20 Å². The van der Waals surface area contributed by atoms with Gasteiger partial charge in [-0.2, -0.15) is 4.98 Å². The van der Waals surface area contributed by atoms with E-state index < -0.39 is 0 Å². The molecule has 136 valence electrons. The Morgan fingerprint density at radius 2 is 2.12 bits per heavy atom. The van der Waals surface area contributed by atoms with Gasteiger partial charge in [-0.25, -0.2) is 4.98 Å². The van der Waals surface area contributed by atoms with E-state index in [-0.39, 0.29) is 11.5 Å². The van der Waals surface area contributed by atoms with Gasteiger partial charge in [0.25, 0.3) is 0 Å². The highest BCUT2D eigenvalue weighted by Gasteiger charge is 2.44. The smallest absolute Gasteiger partial charge is 0.221 e. The van der Waals surface area contributed by atoms with E-state index in [1.165, 1.54) is 12.8 Å². The number of aromatic nitrogens is 2. The summed E-state index contributed by atoms with van der Waals surface area (Å²) in [5.41, 5.74) is 14.3. The quantitative estimate of drug-likeness (QED) is 0.858. The number of hydrogen-bond donors (Lipinski definition) is 2. The summed E-state index contributed by atoms with van der Waals surface area (Å²) >= 11 is 0. The van der Waals surface area contributed by atoms with Crippen molar-refractivity contribution in [2.45, 2.75) is 38.7 Å². The topological polar surface area (TPSA) is 96.3 Å². The molecule has 0 spiro atoms. The van der Waals surface area contributed by atoms with E-state index in [9.17, 15) is 0 Å². The molecule has 4 rings (SSSR count). The average molecular weight is 352 g/mol. The fraction of sp³-hybridized carbons (Fsp3) is 0.400. The SMILES string of the molecule is CCOc1cc(Cc2cnc(N)nc2N)cc2c1OC(C)(C1CC1)C=C2. The zero-order valence-corrected chi connectivity index (χ0v) is 15.2. The standard InChI is InChI=1S/C20H24N4O2/c1-3-25-16-10-12(9-14-11-23-19(22)24-18(14)21)8-13-6-7-20(2,15-4-5-15)26-17(13)16/h6-8,10-11,15H,3-5,9H2,1-2H3,(H4,21,22,23,24). The molecule has 1 atom stereocenters. The van der Waals surface area contributed by atoms with Gasteiger partial charge in [0, 0.05) is 29.7 Å². The molecule has 0 bridgehead atoms. The largest absolute Gasteiger partial charge is 0.490 e. The zero-order chi connectivity index (χ0) is 18.3. The maximum Gasteiger partial charge on any atom is 0.221 e. The van der Waals surface area contributed by atoms with Gasteiger partial charge in [0.15, 0.2) is 11.5 Å². The molecule has 2 heterocycles. The Kier molecular flexibility index (Phi) is 3.98. The lowest BCUT2D eigenvalue weighted by Crippen LogP contribution is -2.34. The molecular formula is C20H24N4O2. The first-order chi connectivity index (χ1) is 12.5. The fourth-order valence-electron chi connectivity index (χ4n) is 3.46. The van der Waals surface area contributed by atoms with Crippen LogP contribution in [0, 0.1) is 5.92 Å². The van der Waals surface area contributed by atoms with E-state index >= 15 is 0 Å². The highest BCUT2D eigenvalue weighted by molar-refractivity contribution is 5.67. The maximum atomic E-state index is 6.39. The summed E-state index contributed by atoms with van der Waals surface area (Å²) in [6.45, 7) is 4.71. The molecule has 1 aliphatic heterocycles. The Morgan fingerprint density at radius 1 is 1.31 bits per heavy atom. The van der Waals surface area contributed by atoms with E-state index in [0.717, 1.165) is 28.2 Å². The Morgan fingerprint density at radius 3 is 2.81 bits per heavy atom. The van der Waals surface area contributed by atoms with Crippen LogP contribution in [0.2, 0.25) is 0 Å². The van der Waals surface area contributed by atoms with Crippen molar-refractivity contribution < 1.29 is 9.47 Å². The molecule has 26 heavy (non-hydrogen) atoms. The summed E-state index contributed by atoms with van der Waals surface area (Å²) in [6.07, 6.45) is 9.03. The van der Waals surface area contributed by atoms with Crippen LogP contribution < -0.4 is 20.9 Å². The van der Waals surface area contributed by atoms with Crippen molar-refractivity contribution in [1.29, 1.82) is 0 Å². The first-order valence-corrected chi connectivity index (χ1v) is 9.03. The summed E-state index contributed by atoms with van der Waals surface area (Å²) in [5.74, 6) is 2.77. The van der Waals surface area contributed by atoms with Gasteiger partial charge in [0.1, 0.15) is 11.4 Å². The molecule has 4 N–H and O–H groups in total. The normalized spacial score (nSPS) is 21.2.